The predicted molar refractivity (Wildman–Crippen MR) is 79.1 cm³/mol. The Morgan fingerprint density at radius 3 is 2.53 bits per heavy atom. The molecule has 0 bridgehead atoms. The van der Waals surface area contributed by atoms with Crippen LogP contribution in [0.25, 0.3) is 0 Å². The standard InChI is InChI=1S/C16H31NO2/c1-4-6-15(16(18)19-5-2)17-12-11-14-9-7-13(3)8-10-14/h13-15,17H,4-12H2,1-3H3. The third kappa shape index (κ3) is 6.42. The van der Waals surface area contributed by atoms with Gasteiger partial charge in [-0.2, -0.15) is 0 Å². The highest BCUT2D eigenvalue weighted by Gasteiger charge is 2.20. The van der Waals surface area contributed by atoms with E-state index in [1.807, 2.05) is 6.92 Å². The van der Waals surface area contributed by atoms with E-state index in [1.165, 1.54) is 32.1 Å². The van der Waals surface area contributed by atoms with Crippen LogP contribution >= 0.6 is 0 Å². The molecular weight excluding hydrogens is 238 g/mol. The summed E-state index contributed by atoms with van der Waals surface area (Å²) in [5.74, 6) is 1.69. The number of hydrogen-bond acceptors (Lipinski definition) is 3. The number of hydrogen-bond donors (Lipinski definition) is 1. The molecule has 1 N–H and O–H groups in total. The van der Waals surface area contributed by atoms with Crippen molar-refractivity contribution >= 4 is 5.97 Å². The van der Waals surface area contributed by atoms with Crippen LogP contribution in [-0.4, -0.2) is 25.2 Å². The number of carbonyl (C=O) groups excluding carboxylic acids is 1. The summed E-state index contributed by atoms with van der Waals surface area (Å²) in [6, 6.07) is -0.104. The van der Waals surface area contributed by atoms with Gasteiger partial charge in [-0.3, -0.25) is 4.79 Å². The number of ether oxygens (including phenoxy) is 1. The number of carbonyl (C=O) groups is 1. The van der Waals surface area contributed by atoms with E-state index in [-0.39, 0.29) is 12.0 Å². The van der Waals surface area contributed by atoms with E-state index in [4.69, 9.17) is 4.74 Å². The zero-order chi connectivity index (χ0) is 14.1. The first-order valence-electron chi connectivity index (χ1n) is 8.07. The molecule has 0 aliphatic heterocycles. The molecule has 3 nitrogen and oxygen atoms in total. The van der Waals surface area contributed by atoms with Gasteiger partial charge in [0.15, 0.2) is 0 Å². The van der Waals surface area contributed by atoms with E-state index >= 15 is 0 Å². The molecule has 0 radical (unpaired) electrons. The Morgan fingerprint density at radius 2 is 1.95 bits per heavy atom. The van der Waals surface area contributed by atoms with E-state index in [1.54, 1.807) is 0 Å². The molecule has 0 aromatic heterocycles. The van der Waals surface area contributed by atoms with Crippen molar-refractivity contribution in [3.63, 3.8) is 0 Å². The number of esters is 1. The van der Waals surface area contributed by atoms with Gasteiger partial charge in [0.1, 0.15) is 6.04 Å². The molecule has 19 heavy (non-hydrogen) atoms. The molecule has 1 atom stereocenters. The minimum absolute atomic E-state index is 0.0818. The van der Waals surface area contributed by atoms with E-state index < -0.39 is 0 Å². The second-order valence-corrected chi connectivity index (χ2v) is 5.96. The summed E-state index contributed by atoms with van der Waals surface area (Å²) < 4.78 is 5.11. The molecule has 1 aliphatic carbocycles. The SMILES string of the molecule is CCCC(NCCC1CCC(C)CC1)C(=O)OCC. The highest BCUT2D eigenvalue weighted by molar-refractivity contribution is 5.75. The van der Waals surface area contributed by atoms with Crippen molar-refractivity contribution in [2.45, 2.75) is 71.8 Å². The van der Waals surface area contributed by atoms with Crippen LogP contribution in [0, 0.1) is 11.8 Å². The first-order chi connectivity index (χ1) is 9.17. The van der Waals surface area contributed by atoms with Gasteiger partial charge in [-0.1, -0.05) is 46.0 Å². The molecule has 0 amide bonds. The zero-order valence-corrected chi connectivity index (χ0v) is 12.9. The first-order valence-corrected chi connectivity index (χ1v) is 8.07. The lowest BCUT2D eigenvalue weighted by atomic mass is 9.81. The number of nitrogens with one attached hydrogen (secondary N) is 1. The third-order valence-corrected chi connectivity index (χ3v) is 4.23. The Bertz CT molecular complexity index is 247. The highest BCUT2D eigenvalue weighted by atomic mass is 16.5. The lowest BCUT2D eigenvalue weighted by molar-refractivity contribution is -0.145. The topological polar surface area (TPSA) is 38.3 Å². The molecule has 1 unspecified atom stereocenters. The van der Waals surface area contributed by atoms with Gasteiger partial charge >= 0.3 is 5.97 Å². The molecule has 0 spiro atoms. The summed E-state index contributed by atoms with van der Waals surface area (Å²) in [5, 5.41) is 3.39. The van der Waals surface area contributed by atoms with Gasteiger partial charge in [0.05, 0.1) is 6.61 Å². The van der Waals surface area contributed by atoms with Gasteiger partial charge in [-0.25, -0.2) is 0 Å². The normalized spacial score (nSPS) is 25.0. The average molecular weight is 269 g/mol. The van der Waals surface area contributed by atoms with E-state index in [0.717, 1.165) is 31.2 Å². The monoisotopic (exact) mass is 269 g/mol. The summed E-state index contributed by atoms with van der Waals surface area (Å²) >= 11 is 0. The zero-order valence-electron chi connectivity index (χ0n) is 12.9. The van der Waals surface area contributed by atoms with Gasteiger partial charge in [0.25, 0.3) is 0 Å². The van der Waals surface area contributed by atoms with Crippen LogP contribution in [0.5, 0.6) is 0 Å². The minimum atomic E-state index is -0.104. The Morgan fingerprint density at radius 1 is 1.26 bits per heavy atom. The predicted octanol–water partition coefficient (Wildman–Crippen LogP) is 3.52. The lowest BCUT2D eigenvalue weighted by Gasteiger charge is -2.26. The summed E-state index contributed by atoms with van der Waals surface area (Å²) in [5.41, 5.74) is 0. The molecule has 1 fully saturated rings. The smallest absolute Gasteiger partial charge is 0.323 e. The average Bonchev–Trinajstić information content (AvgIpc) is 2.40. The fourth-order valence-corrected chi connectivity index (χ4v) is 2.91. The third-order valence-electron chi connectivity index (χ3n) is 4.23. The van der Waals surface area contributed by atoms with Crippen molar-refractivity contribution < 1.29 is 9.53 Å². The van der Waals surface area contributed by atoms with Crippen molar-refractivity contribution in [2.75, 3.05) is 13.2 Å². The fourth-order valence-electron chi connectivity index (χ4n) is 2.91. The quantitative estimate of drug-likeness (QED) is 0.685. The van der Waals surface area contributed by atoms with Crippen LogP contribution in [0.3, 0.4) is 0 Å². The van der Waals surface area contributed by atoms with Crippen molar-refractivity contribution in [3.05, 3.63) is 0 Å². The summed E-state index contributed by atoms with van der Waals surface area (Å²) in [6.45, 7) is 7.75. The Kier molecular flexibility index (Phi) is 8.11. The van der Waals surface area contributed by atoms with E-state index in [0.29, 0.717) is 6.61 Å². The largest absolute Gasteiger partial charge is 0.465 e. The van der Waals surface area contributed by atoms with Gasteiger partial charge < -0.3 is 10.1 Å². The maximum Gasteiger partial charge on any atom is 0.323 e. The lowest BCUT2D eigenvalue weighted by Crippen LogP contribution is -2.39. The summed E-state index contributed by atoms with van der Waals surface area (Å²) in [4.78, 5) is 11.8. The van der Waals surface area contributed by atoms with Gasteiger partial charge in [-0.15, -0.1) is 0 Å². The van der Waals surface area contributed by atoms with Crippen LogP contribution < -0.4 is 5.32 Å². The fraction of sp³-hybridized carbons (Fsp3) is 0.938. The maximum atomic E-state index is 11.8. The van der Waals surface area contributed by atoms with Crippen LogP contribution in [0.1, 0.15) is 65.7 Å². The molecule has 0 heterocycles. The Hall–Kier alpha value is -0.570. The van der Waals surface area contributed by atoms with Crippen LogP contribution in [0.2, 0.25) is 0 Å². The molecule has 3 heteroatoms. The summed E-state index contributed by atoms with van der Waals surface area (Å²) in [6.07, 6.45) is 8.56. The van der Waals surface area contributed by atoms with Crippen LogP contribution in [0.4, 0.5) is 0 Å². The summed E-state index contributed by atoms with van der Waals surface area (Å²) in [7, 11) is 0. The second-order valence-electron chi connectivity index (χ2n) is 5.96. The van der Waals surface area contributed by atoms with Crippen LogP contribution in [-0.2, 0) is 9.53 Å². The molecule has 0 saturated heterocycles. The van der Waals surface area contributed by atoms with Crippen molar-refractivity contribution in [3.8, 4) is 0 Å². The molecule has 1 aliphatic rings. The number of rotatable bonds is 8. The van der Waals surface area contributed by atoms with E-state index in [2.05, 4.69) is 19.2 Å². The molecular formula is C16H31NO2. The minimum Gasteiger partial charge on any atom is -0.465 e. The maximum absolute atomic E-state index is 11.8. The van der Waals surface area contributed by atoms with Gasteiger partial charge in [0, 0.05) is 0 Å². The van der Waals surface area contributed by atoms with E-state index in [9.17, 15) is 4.79 Å². The first kappa shape index (κ1) is 16.5. The van der Waals surface area contributed by atoms with Gasteiger partial charge in [0.2, 0.25) is 0 Å². The Balaban J connectivity index is 2.22. The van der Waals surface area contributed by atoms with Crippen molar-refractivity contribution in [2.24, 2.45) is 11.8 Å². The molecule has 112 valence electrons. The van der Waals surface area contributed by atoms with Crippen molar-refractivity contribution in [1.29, 1.82) is 0 Å². The molecule has 0 aromatic carbocycles. The van der Waals surface area contributed by atoms with Crippen molar-refractivity contribution in [1.82, 2.24) is 5.32 Å². The van der Waals surface area contributed by atoms with Gasteiger partial charge in [-0.05, 0) is 38.1 Å². The molecule has 1 saturated carbocycles. The Labute approximate surface area is 118 Å². The highest BCUT2D eigenvalue weighted by Crippen LogP contribution is 2.29. The second kappa shape index (κ2) is 9.35. The molecule has 0 aromatic rings. The molecule has 1 rings (SSSR count). The van der Waals surface area contributed by atoms with Crippen LogP contribution in [0.15, 0.2) is 0 Å².